The van der Waals surface area contributed by atoms with Crippen molar-refractivity contribution in [3.63, 3.8) is 0 Å². The van der Waals surface area contributed by atoms with Crippen molar-refractivity contribution in [3.05, 3.63) is 69.9 Å². The van der Waals surface area contributed by atoms with Gasteiger partial charge in [-0.1, -0.05) is 12.1 Å². The summed E-state index contributed by atoms with van der Waals surface area (Å²) in [7, 11) is 0. The summed E-state index contributed by atoms with van der Waals surface area (Å²) in [5.74, 6) is 0.150. The van der Waals surface area contributed by atoms with E-state index in [1.807, 2.05) is 24.3 Å². The lowest BCUT2D eigenvalue weighted by Crippen LogP contribution is -2.21. The molecule has 0 spiro atoms. The Morgan fingerprint density at radius 3 is 2.73 bits per heavy atom. The molecule has 7 heteroatoms. The minimum absolute atomic E-state index is 0.150. The lowest BCUT2D eigenvalue weighted by Gasteiger charge is -2.20. The molecule has 4 rings (SSSR count). The van der Waals surface area contributed by atoms with Crippen LogP contribution in [0.5, 0.6) is 5.75 Å². The Balaban J connectivity index is 1.65. The number of rotatable bonds is 6. The molecule has 2 heterocycles. The van der Waals surface area contributed by atoms with Crippen LogP contribution in [0.4, 0.5) is 10.8 Å². The predicted octanol–water partition coefficient (Wildman–Crippen LogP) is 5.22. The average molecular weight is 420 g/mol. The van der Waals surface area contributed by atoms with Crippen LogP contribution in [0.1, 0.15) is 19.4 Å². The largest absolute Gasteiger partial charge is 0.507 e. The van der Waals surface area contributed by atoms with Crippen molar-refractivity contribution < 1.29 is 9.52 Å². The van der Waals surface area contributed by atoms with Crippen LogP contribution in [0.15, 0.2) is 68.1 Å². The molecule has 2 aromatic carbocycles. The molecule has 1 N–H and O–H groups in total. The summed E-state index contributed by atoms with van der Waals surface area (Å²) < 4.78 is 5.59. The van der Waals surface area contributed by atoms with E-state index in [0.29, 0.717) is 27.5 Å². The van der Waals surface area contributed by atoms with Crippen molar-refractivity contribution in [2.75, 3.05) is 18.0 Å². The van der Waals surface area contributed by atoms with E-state index in [9.17, 15) is 9.90 Å². The number of aromatic hydroxyl groups is 1. The molecule has 0 aliphatic heterocycles. The van der Waals surface area contributed by atoms with Crippen LogP contribution < -0.4 is 10.5 Å². The number of hydrogen-bond donors (Lipinski definition) is 1. The van der Waals surface area contributed by atoms with Gasteiger partial charge in [0.1, 0.15) is 11.3 Å². The second-order valence-electron chi connectivity index (χ2n) is 6.67. The molecule has 30 heavy (non-hydrogen) atoms. The van der Waals surface area contributed by atoms with Crippen molar-refractivity contribution in [3.8, 4) is 17.0 Å². The highest BCUT2D eigenvalue weighted by molar-refractivity contribution is 7.13. The zero-order chi connectivity index (χ0) is 21.1. The minimum Gasteiger partial charge on any atom is -0.507 e. The third-order valence-corrected chi connectivity index (χ3v) is 5.62. The molecule has 0 radical (unpaired) electrons. The molecule has 0 unspecified atom stereocenters. The van der Waals surface area contributed by atoms with Crippen LogP contribution >= 0.6 is 11.3 Å². The van der Waals surface area contributed by atoms with Crippen molar-refractivity contribution >= 4 is 39.3 Å². The van der Waals surface area contributed by atoms with Gasteiger partial charge in [-0.2, -0.15) is 0 Å². The number of aliphatic imine (C=N–C) groups is 1. The molecule has 0 bridgehead atoms. The van der Waals surface area contributed by atoms with Gasteiger partial charge in [-0.15, -0.1) is 11.3 Å². The number of para-hydroxylation sites is 1. The molecule has 0 amide bonds. The van der Waals surface area contributed by atoms with E-state index in [1.54, 1.807) is 35.9 Å². The van der Waals surface area contributed by atoms with Crippen LogP contribution in [0.2, 0.25) is 0 Å². The Morgan fingerprint density at radius 2 is 1.97 bits per heavy atom. The maximum Gasteiger partial charge on any atom is 0.345 e. The van der Waals surface area contributed by atoms with Gasteiger partial charge in [0.05, 0.1) is 11.3 Å². The van der Waals surface area contributed by atoms with Crippen molar-refractivity contribution in [2.45, 2.75) is 13.8 Å². The highest BCUT2D eigenvalue weighted by Gasteiger charge is 2.13. The Morgan fingerprint density at radius 1 is 1.17 bits per heavy atom. The fraction of sp³-hybridized carbons (Fsp3) is 0.174. The number of hydrogen-bond acceptors (Lipinski definition) is 7. The molecule has 2 aromatic heterocycles. The number of benzene rings is 2. The van der Waals surface area contributed by atoms with Gasteiger partial charge in [0.2, 0.25) is 5.13 Å². The first kappa shape index (κ1) is 19.8. The smallest absolute Gasteiger partial charge is 0.345 e. The van der Waals surface area contributed by atoms with Crippen molar-refractivity contribution in [2.24, 2.45) is 4.99 Å². The molecule has 0 atom stereocenters. The average Bonchev–Trinajstić information content (AvgIpc) is 3.22. The summed E-state index contributed by atoms with van der Waals surface area (Å²) in [6.07, 6.45) is 1.55. The Hall–Kier alpha value is -3.45. The van der Waals surface area contributed by atoms with E-state index < -0.39 is 5.63 Å². The number of fused-ring (bicyclic) bond motifs is 1. The highest BCUT2D eigenvalue weighted by atomic mass is 32.1. The maximum absolute atomic E-state index is 12.6. The van der Waals surface area contributed by atoms with Gasteiger partial charge in [0, 0.05) is 47.4 Å². The number of anilines is 1. The fourth-order valence-corrected chi connectivity index (χ4v) is 3.89. The second kappa shape index (κ2) is 8.51. The van der Waals surface area contributed by atoms with Gasteiger partial charge in [-0.05, 0) is 44.2 Å². The molecule has 152 valence electrons. The summed E-state index contributed by atoms with van der Waals surface area (Å²) in [5, 5.41) is 12.9. The van der Waals surface area contributed by atoms with Gasteiger partial charge in [0.25, 0.3) is 0 Å². The number of thiazole rings is 1. The monoisotopic (exact) mass is 419 g/mol. The molecule has 0 fully saturated rings. The van der Waals surface area contributed by atoms with Gasteiger partial charge >= 0.3 is 5.63 Å². The van der Waals surface area contributed by atoms with E-state index in [-0.39, 0.29) is 5.75 Å². The topological polar surface area (TPSA) is 78.9 Å². The van der Waals surface area contributed by atoms with Crippen LogP contribution in [-0.2, 0) is 0 Å². The molecule has 4 aromatic rings. The van der Waals surface area contributed by atoms with Crippen molar-refractivity contribution in [1.82, 2.24) is 4.98 Å². The fourth-order valence-electron chi connectivity index (χ4n) is 3.23. The van der Waals surface area contributed by atoms with Gasteiger partial charge in [-0.3, -0.25) is 0 Å². The van der Waals surface area contributed by atoms with E-state index in [1.165, 1.54) is 11.3 Å². The molecular weight excluding hydrogens is 398 g/mol. The predicted molar refractivity (Wildman–Crippen MR) is 123 cm³/mol. The molecule has 6 nitrogen and oxygen atoms in total. The molecule has 0 saturated heterocycles. The summed E-state index contributed by atoms with van der Waals surface area (Å²) >= 11 is 1.32. The zero-order valence-electron chi connectivity index (χ0n) is 16.7. The Bertz CT molecular complexity index is 1270. The van der Waals surface area contributed by atoms with Crippen molar-refractivity contribution in [1.29, 1.82) is 0 Å². The summed E-state index contributed by atoms with van der Waals surface area (Å²) in [6, 6.07) is 14.6. The summed E-state index contributed by atoms with van der Waals surface area (Å²) in [6.45, 7) is 5.95. The third-order valence-electron chi connectivity index (χ3n) is 4.87. The number of aromatic nitrogens is 1. The third kappa shape index (κ3) is 3.97. The van der Waals surface area contributed by atoms with E-state index >= 15 is 0 Å². The SMILES string of the molecule is CCN(CC)c1ccc2cc(-c3csc(/N=C/c4ccccc4O)n3)c(=O)oc2c1. The summed E-state index contributed by atoms with van der Waals surface area (Å²) in [5.41, 5.74) is 2.68. The van der Waals surface area contributed by atoms with Crippen LogP contribution in [0.25, 0.3) is 22.2 Å². The highest BCUT2D eigenvalue weighted by Crippen LogP contribution is 2.28. The number of phenols is 1. The lowest BCUT2D eigenvalue weighted by molar-refractivity contribution is 0.474. The first-order chi connectivity index (χ1) is 14.6. The molecule has 0 saturated carbocycles. The van der Waals surface area contributed by atoms with E-state index in [2.05, 4.69) is 28.7 Å². The number of nitrogens with zero attached hydrogens (tertiary/aromatic N) is 3. The van der Waals surface area contributed by atoms with Crippen LogP contribution in [-0.4, -0.2) is 29.4 Å². The number of phenolic OH excluding ortho intramolecular Hbond substituents is 1. The normalized spacial score (nSPS) is 11.4. The zero-order valence-corrected chi connectivity index (χ0v) is 17.5. The first-order valence-electron chi connectivity index (χ1n) is 9.70. The second-order valence-corrected chi connectivity index (χ2v) is 7.51. The van der Waals surface area contributed by atoms with Crippen LogP contribution in [0.3, 0.4) is 0 Å². The Labute approximate surface area is 177 Å². The van der Waals surface area contributed by atoms with Gasteiger partial charge < -0.3 is 14.4 Å². The first-order valence-corrected chi connectivity index (χ1v) is 10.6. The molecule has 0 aliphatic carbocycles. The van der Waals surface area contributed by atoms with E-state index in [0.717, 1.165) is 24.2 Å². The standard InChI is InChI=1S/C23H21N3O3S/c1-3-26(4-2)17-10-9-15-11-18(22(28)29-21(15)12-17)19-14-30-23(25-19)24-13-16-7-5-6-8-20(16)27/h5-14,27H,3-4H2,1-2H3/b24-13+. The molecule has 0 aliphatic rings. The van der Waals surface area contributed by atoms with Crippen LogP contribution in [0, 0.1) is 0 Å². The van der Waals surface area contributed by atoms with Gasteiger partial charge in [0.15, 0.2) is 0 Å². The summed E-state index contributed by atoms with van der Waals surface area (Å²) in [4.78, 5) is 23.5. The van der Waals surface area contributed by atoms with Gasteiger partial charge in [-0.25, -0.2) is 14.8 Å². The minimum atomic E-state index is -0.430. The lowest BCUT2D eigenvalue weighted by atomic mass is 10.1. The van der Waals surface area contributed by atoms with E-state index in [4.69, 9.17) is 4.42 Å². The quantitative estimate of drug-likeness (QED) is 0.342. The molecular formula is C23H21N3O3S. The maximum atomic E-state index is 12.6. The Kier molecular flexibility index (Phi) is 5.63.